The van der Waals surface area contributed by atoms with Crippen molar-refractivity contribution in [2.75, 3.05) is 12.4 Å². The van der Waals surface area contributed by atoms with Gasteiger partial charge < -0.3 is 14.7 Å². The van der Waals surface area contributed by atoms with E-state index in [0.717, 1.165) is 21.6 Å². The first-order valence-electron chi connectivity index (χ1n) is 5.74. The number of rotatable bonds is 3. The van der Waals surface area contributed by atoms with Crippen LogP contribution in [-0.4, -0.2) is 23.1 Å². The van der Waals surface area contributed by atoms with Gasteiger partial charge in [-0.25, -0.2) is 4.79 Å². The summed E-state index contributed by atoms with van der Waals surface area (Å²) in [5.41, 5.74) is 1.47. The van der Waals surface area contributed by atoms with Crippen LogP contribution in [0, 0.1) is 6.92 Å². The van der Waals surface area contributed by atoms with Crippen LogP contribution < -0.4 is 5.32 Å². The smallest absolute Gasteiger partial charge is 0.321 e. The van der Waals surface area contributed by atoms with Crippen molar-refractivity contribution in [3.63, 3.8) is 0 Å². The number of carbonyl (C=O) groups excluding carboxylic acids is 1. The maximum absolute atomic E-state index is 12.0. The van der Waals surface area contributed by atoms with Gasteiger partial charge in [0.2, 0.25) is 0 Å². The number of urea groups is 1. The van der Waals surface area contributed by atoms with Crippen molar-refractivity contribution in [2.45, 2.75) is 13.5 Å². The van der Waals surface area contributed by atoms with E-state index in [-0.39, 0.29) is 6.03 Å². The van der Waals surface area contributed by atoms with E-state index in [2.05, 4.69) is 26.4 Å². The summed E-state index contributed by atoms with van der Waals surface area (Å²) in [5, 5.41) is 6.66. The summed E-state index contributed by atoms with van der Waals surface area (Å²) >= 11 is 3.35. The van der Waals surface area contributed by atoms with Gasteiger partial charge in [0.1, 0.15) is 11.5 Å². The lowest BCUT2D eigenvalue weighted by Crippen LogP contribution is -2.30. The summed E-state index contributed by atoms with van der Waals surface area (Å²) < 4.78 is 5.93. The second-order valence-electron chi connectivity index (χ2n) is 4.22. The summed E-state index contributed by atoms with van der Waals surface area (Å²) in [6, 6.07) is 9.02. The van der Waals surface area contributed by atoms with Gasteiger partial charge in [-0.1, -0.05) is 21.1 Å². The number of amides is 2. The number of nitrogens with one attached hydrogen (secondary N) is 1. The van der Waals surface area contributed by atoms with E-state index in [1.54, 1.807) is 11.9 Å². The van der Waals surface area contributed by atoms with Crippen molar-refractivity contribution < 1.29 is 9.32 Å². The maximum atomic E-state index is 12.0. The molecule has 2 aromatic rings. The Morgan fingerprint density at radius 3 is 2.68 bits per heavy atom. The fourth-order valence-electron chi connectivity index (χ4n) is 1.56. The summed E-state index contributed by atoms with van der Waals surface area (Å²) in [6.45, 7) is 2.22. The molecule has 0 bridgehead atoms. The van der Waals surface area contributed by atoms with Gasteiger partial charge in [0.05, 0.1) is 6.54 Å². The molecule has 1 aromatic carbocycles. The molecule has 1 N–H and O–H groups in total. The molecule has 100 valence electrons. The van der Waals surface area contributed by atoms with Crippen molar-refractivity contribution in [1.29, 1.82) is 0 Å². The number of hydrogen-bond donors (Lipinski definition) is 1. The lowest BCUT2D eigenvalue weighted by molar-refractivity contribution is 0.219. The molecule has 0 atom stereocenters. The van der Waals surface area contributed by atoms with E-state index in [4.69, 9.17) is 4.52 Å². The SMILES string of the molecule is Cc1cc(CN(C)C(=O)Nc2ccc(Br)cc2)no1. The van der Waals surface area contributed by atoms with Gasteiger partial charge in [0.25, 0.3) is 0 Å². The zero-order valence-corrected chi connectivity index (χ0v) is 12.3. The molecule has 6 heteroatoms. The molecule has 0 spiro atoms. The number of hydrogen-bond acceptors (Lipinski definition) is 3. The molecule has 0 aliphatic heterocycles. The van der Waals surface area contributed by atoms with E-state index in [1.165, 1.54) is 0 Å². The molecular formula is C13H14BrN3O2. The van der Waals surface area contributed by atoms with Crippen LogP contribution in [0.2, 0.25) is 0 Å². The fraction of sp³-hybridized carbons (Fsp3) is 0.231. The minimum Gasteiger partial charge on any atom is -0.361 e. The van der Waals surface area contributed by atoms with Crippen LogP contribution in [0.4, 0.5) is 10.5 Å². The average Bonchev–Trinajstić information content (AvgIpc) is 2.77. The predicted octanol–water partition coefficient (Wildman–Crippen LogP) is 3.41. The first-order valence-corrected chi connectivity index (χ1v) is 6.54. The van der Waals surface area contributed by atoms with Gasteiger partial charge >= 0.3 is 6.03 Å². The fourth-order valence-corrected chi connectivity index (χ4v) is 1.82. The Hall–Kier alpha value is -1.82. The molecule has 2 rings (SSSR count). The number of halogens is 1. The van der Waals surface area contributed by atoms with Crippen LogP contribution in [0.5, 0.6) is 0 Å². The number of carbonyl (C=O) groups is 1. The van der Waals surface area contributed by atoms with Gasteiger partial charge in [-0.05, 0) is 31.2 Å². The Morgan fingerprint density at radius 1 is 1.42 bits per heavy atom. The summed E-state index contributed by atoms with van der Waals surface area (Å²) in [4.78, 5) is 13.5. The van der Waals surface area contributed by atoms with Crippen molar-refractivity contribution in [1.82, 2.24) is 10.1 Å². The molecule has 0 saturated carbocycles. The Kier molecular flexibility index (Phi) is 4.21. The largest absolute Gasteiger partial charge is 0.361 e. The lowest BCUT2D eigenvalue weighted by Gasteiger charge is -2.16. The van der Waals surface area contributed by atoms with Gasteiger partial charge in [-0.2, -0.15) is 0 Å². The first kappa shape index (κ1) is 13.6. The van der Waals surface area contributed by atoms with Crippen LogP contribution >= 0.6 is 15.9 Å². The molecule has 5 nitrogen and oxygen atoms in total. The van der Waals surface area contributed by atoms with Crippen LogP contribution in [0.15, 0.2) is 39.3 Å². The van der Waals surface area contributed by atoms with Gasteiger partial charge in [-0.3, -0.25) is 0 Å². The van der Waals surface area contributed by atoms with Gasteiger partial charge in [-0.15, -0.1) is 0 Å². The average molecular weight is 324 g/mol. The highest BCUT2D eigenvalue weighted by molar-refractivity contribution is 9.10. The summed E-state index contributed by atoms with van der Waals surface area (Å²) in [6.07, 6.45) is 0. The Balaban J connectivity index is 1.94. The highest BCUT2D eigenvalue weighted by atomic mass is 79.9. The van der Waals surface area contributed by atoms with Crippen LogP contribution in [0.1, 0.15) is 11.5 Å². The highest BCUT2D eigenvalue weighted by Gasteiger charge is 2.11. The van der Waals surface area contributed by atoms with Crippen molar-refractivity contribution >= 4 is 27.6 Å². The van der Waals surface area contributed by atoms with Crippen LogP contribution in [0.3, 0.4) is 0 Å². The maximum Gasteiger partial charge on any atom is 0.321 e. The monoisotopic (exact) mass is 323 g/mol. The zero-order chi connectivity index (χ0) is 13.8. The van der Waals surface area contributed by atoms with Gasteiger partial charge in [0, 0.05) is 23.3 Å². The minimum absolute atomic E-state index is 0.192. The second kappa shape index (κ2) is 5.88. The number of aryl methyl sites for hydroxylation is 1. The molecule has 2 amide bonds. The molecule has 0 unspecified atom stereocenters. The third kappa shape index (κ3) is 3.82. The van der Waals surface area contributed by atoms with E-state index in [0.29, 0.717) is 6.54 Å². The van der Waals surface area contributed by atoms with Gasteiger partial charge in [0.15, 0.2) is 0 Å². The molecule has 0 radical (unpaired) electrons. The van der Waals surface area contributed by atoms with E-state index in [1.807, 2.05) is 37.3 Å². The molecule has 0 aliphatic rings. The predicted molar refractivity (Wildman–Crippen MR) is 75.9 cm³/mol. The van der Waals surface area contributed by atoms with E-state index >= 15 is 0 Å². The van der Waals surface area contributed by atoms with Crippen molar-refractivity contribution in [3.8, 4) is 0 Å². The van der Waals surface area contributed by atoms with Crippen LogP contribution in [0.25, 0.3) is 0 Å². The number of anilines is 1. The molecule has 0 saturated heterocycles. The summed E-state index contributed by atoms with van der Waals surface area (Å²) in [7, 11) is 1.71. The lowest BCUT2D eigenvalue weighted by atomic mass is 10.3. The van der Waals surface area contributed by atoms with Crippen molar-refractivity contribution in [3.05, 3.63) is 46.3 Å². The zero-order valence-electron chi connectivity index (χ0n) is 10.7. The number of benzene rings is 1. The number of nitrogens with zero attached hydrogens (tertiary/aromatic N) is 2. The third-order valence-corrected chi connectivity index (χ3v) is 3.05. The van der Waals surface area contributed by atoms with Crippen molar-refractivity contribution in [2.24, 2.45) is 0 Å². The molecule has 19 heavy (non-hydrogen) atoms. The minimum atomic E-state index is -0.192. The molecule has 0 aliphatic carbocycles. The van der Waals surface area contributed by atoms with Crippen LogP contribution in [-0.2, 0) is 6.54 Å². The van der Waals surface area contributed by atoms with E-state index < -0.39 is 0 Å². The third-order valence-electron chi connectivity index (χ3n) is 2.52. The highest BCUT2D eigenvalue weighted by Crippen LogP contribution is 2.14. The molecule has 1 aromatic heterocycles. The molecule has 0 fully saturated rings. The second-order valence-corrected chi connectivity index (χ2v) is 5.14. The van der Waals surface area contributed by atoms with E-state index in [9.17, 15) is 4.79 Å². The Bertz CT molecular complexity index is 566. The first-order chi connectivity index (χ1) is 9.04. The quantitative estimate of drug-likeness (QED) is 0.941. The molecule has 1 heterocycles. The topological polar surface area (TPSA) is 58.4 Å². The Labute approximate surface area is 119 Å². The Morgan fingerprint density at radius 2 is 2.11 bits per heavy atom. The molecular weight excluding hydrogens is 310 g/mol. The number of aromatic nitrogens is 1. The standard InChI is InChI=1S/C13H14BrN3O2/c1-9-7-12(16-19-9)8-17(2)13(18)15-11-5-3-10(14)4-6-11/h3-7H,8H2,1-2H3,(H,15,18). The summed E-state index contributed by atoms with van der Waals surface area (Å²) in [5.74, 6) is 0.733. The normalized spacial score (nSPS) is 10.3.